The Morgan fingerprint density at radius 3 is 3.12 bits per heavy atom. The fourth-order valence-corrected chi connectivity index (χ4v) is 1.89. The van der Waals surface area contributed by atoms with Crippen LogP contribution in [0.15, 0.2) is 24.3 Å². The van der Waals surface area contributed by atoms with Gasteiger partial charge >= 0.3 is 0 Å². The molecule has 4 nitrogen and oxygen atoms in total. The van der Waals surface area contributed by atoms with Crippen LogP contribution in [0.5, 0.6) is 5.75 Å². The first kappa shape index (κ1) is 11.9. The average molecular weight is 235 g/mol. The number of carbonyl (C=O) groups excluding carboxylic acids is 1. The Kier molecular flexibility index (Phi) is 3.98. The third kappa shape index (κ3) is 3.20. The fourth-order valence-electron chi connectivity index (χ4n) is 1.89. The minimum absolute atomic E-state index is 0.0259. The van der Waals surface area contributed by atoms with E-state index in [1.807, 2.05) is 24.3 Å². The van der Waals surface area contributed by atoms with Crippen LogP contribution in [0.2, 0.25) is 0 Å². The zero-order valence-corrected chi connectivity index (χ0v) is 9.94. The van der Waals surface area contributed by atoms with E-state index < -0.39 is 0 Å². The maximum Gasteiger partial charge on any atom is 0.229 e. The molecule has 4 heteroatoms. The number of amides is 1. The molecule has 0 radical (unpaired) electrons. The second-order valence-electron chi connectivity index (χ2n) is 4.14. The predicted octanol–water partition coefficient (Wildman–Crippen LogP) is 2.06. The molecule has 1 saturated heterocycles. The van der Waals surface area contributed by atoms with E-state index in [0.29, 0.717) is 6.61 Å². The molecule has 1 aromatic rings. The third-order valence-electron chi connectivity index (χ3n) is 2.87. The Bertz CT molecular complexity index is 386. The van der Waals surface area contributed by atoms with Crippen molar-refractivity contribution in [2.45, 2.75) is 12.8 Å². The fraction of sp³-hybridized carbons (Fsp3) is 0.462. The lowest BCUT2D eigenvalue weighted by atomic mass is 10.0. The molecule has 17 heavy (non-hydrogen) atoms. The Hall–Kier alpha value is -1.55. The largest absolute Gasteiger partial charge is 0.497 e. The summed E-state index contributed by atoms with van der Waals surface area (Å²) >= 11 is 0. The van der Waals surface area contributed by atoms with Crippen LogP contribution in [0, 0.1) is 5.92 Å². The summed E-state index contributed by atoms with van der Waals surface area (Å²) in [6.07, 6.45) is 1.85. The van der Waals surface area contributed by atoms with Crippen LogP contribution in [0.25, 0.3) is 0 Å². The smallest absolute Gasteiger partial charge is 0.229 e. The highest BCUT2D eigenvalue weighted by Gasteiger charge is 2.21. The lowest BCUT2D eigenvalue weighted by molar-refractivity contribution is -0.123. The Labute approximate surface area is 101 Å². The van der Waals surface area contributed by atoms with Gasteiger partial charge in [-0.2, -0.15) is 0 Å². The van der Waals surface area contributed by atoms with Crippen molar-refractivity contribution in [1.29, 1.82) is 0 Å². The van der Waals surface area contributed by atoms with E-state index >= 15 is 0 Å². The maximum atomic E-state index is 11.9. The number of hydrogen-bond donors (Lipinski definition) is 1. The second-order valence-corrected chi connectivity index (χ2v) is 4.14. The highest BCUT2D eigenvalue weighted by Crippen LogP contribution is 2.19. The molecule has 1 aromatic carbocycles. The number of ether oxygens (including phenoxy) is 2. The summed E-state index contributed by atoms with van der Waals surface area (Å²) in [7, 11) is 1.61. The minimum atomic E-state index is -0.0325. The predicted molar refractivity (Wildman–Crippen MR) is 65.2 cm³/mol. The first-order chi connectivity index (χ1) is 8.29. The number of anilines is 1. The van der Waals surface area contributed by atoms with Crippen LogP contribution in [-0.2, 0) is 9.53 Å². The normalized spacial score (nSPS) is 19.7. The number of carbonyl (C=O) groups is 1. The van der Waals surface area contributed by atoms with Gasteiger partial charge in [0.15, 0.2) is 0 Å². The van der Waals surface area contributed by atoms with Gasteiger partial charge in [0, 0.05) is 18.4 Å². The van der Waals surface area contributed by atoms with E-state index in [4.69, 9.17) is 9.47 Å². The van der Waals surface area contributed by atoms with E-state index in [0.717, 1.165) is 30.9 Å². The molecule has 2 rings (SSSR count). The highest BCUT2D eigenvalue weighted by atomic mass is 16.5. The van der Waals surface area contributed by atoms with Gasteiger partial charge in [-0.1, -0.05) is 6.07 Å². The molecule has 1 atom stereocenters. The van der Waals surface area contributed by atoms with Crippen LogP contribution in [0.1, 0.15) is 12.8 Å². The molecular weight excluding hydrogens is 218 g/mol. The van der Waals surface area contributed by atoms with Crippen molar-refractivity contribution in [3.63, 3.8) is 0 Å². The van der Waals surface area contributed by atoms with Crippen molar-refractivity contribution in [3.05, 3.63) is 24.3 Å². The van der Waals surface area contributed by atoms with E-state index in [-0.39, 0.29) is 11.8 Å². The number of benzene rings is 1. The van der Waals surface area contributed by atoms with Gasteiger partial charge in [-0.3, -0.25) is 4.79 Å². The van der Waals surface area contributed by atoms with E-state index in [2.05, 4.69) is 5.32 Å². The number of hydrogen-bond acceptors (Lipinski definition) is 3. The Morgan fingerprint density at radius 2 is 2.41 bits per heavy atom. The molecule has 1 heterocycles. The monoisotopic (exact) mass is 235 g/mol. The third-order valence-corrected chi connectivity index (χ3v) is 2.87. The number of nitrogens with one attached hydrogen (secondary N) is 1. The van der Waals surface area contributed by atoms with Gasteiger partial charge in [0.1, 0.15) is 5.75 Å². The average Bonchev–Trinajstić information content (AvgIpc) is 2.40. The summed E-state index contributed by atoms with van der Waals surface area (Å²) in [5.74, 6) is 0.732. The zero-order chi connectivity index (χ0) is 12.1. The van der Waals surface area contributed by atoms with Gasteiger partial charge in [-0.25, -0.2) is 0 Å². The van der Waals surface area contributed by atoms with Gasteiger partial charge in [-0.05, 0) is 25.0 Å². The van der Waals surface area contributed by atoms with Gasteiger partial charge in [0.05, 0.1) is 19.6 Å². The molecule has 0 aromatic heterocycles. The van der Waals surface area contributed by atoms with Crippen LogP contribution < -0.4 is 10.1 Å². The van der Waals surface area contributed by atoms with Crippen molar-refractivity contribution in [2.75, 3.05) is 25.6 Å². The van der Waals surface area contributed by atoms with Crippen LogP contribution >= 0.6 is 0 Å². The summed E-state index contributed by atoms with van der Waals surface area (Å²) in [4.78, 5) is 11.9. The van der Waals surface area contributed by atoms with Crippen molar-refractivity contribution < 1.29 is 14.3 Å². The van der Waals surface area contributed by atoms with Crippen LogP contribution in [0.4, 0.5) is 5.69 Å². The van der Waals surface area contributed by atoms with Gasteiger partial charge in [0.25, 0.3) is 0 Å². The Balaban J connectivity index is 1.96. The molecule has 92 valence electrons. The molecule has 0 saturated carbocycles. The van der Waals surface area contributed by atoms with Gasteiger partial charge in [0.2, 0.25) is 5.91 Å². The van der Waals surface area contributed by atoms with E-state index in [1.165, 1.54) is 0 Å². The summed E-state index contributed by atoms with van der Waals surface area (Å²) in [6.45, 7) is 1.29. The van der Waals surface area contributed by atoms with Crippen molar-refractivity contribution in [1.82, 2.24) is 0 Å². The molecule has 1 unspecified atom stereocenters. The molecule has 1 aliphatic heterocycles. The van der Waals surface area contributed by atoms with Crippen molar-refractivity contribution in [2.24, 2.45) is 5.92 Å². The molecule has 0 aliphatic carbocycles. The van der Waals surface area contributed by atoms with Crippen molar-refractivity contribution in [3.8, 4) is 5.75 Å². The summed E-state index contributed by atoms with van der Waals surface area (Å²) in [5, 5.41) is 2.89. The Morgan fingerprint density at radius 1 is 1.53 bits per heavy atom. The maximum absolute atomic E-state index is 11.9. The zero-order valence-electron chi connectivity index (χ0n) is 9.94. The highest BCUT2D eigenvalue weighted by molar-refractivity contribution is 5.92. The molecule has 1 fully saturated rings. The van der Waals surface area contributed by atoms with E-state index in [9.17, 15) is 4.79 Å². The second kappa shape index (κ2) is 5.68. The van der Waals surface area contributed by atoms with Crippen LogP contribution in [0.3, 0.4) is 0 Å². The quantitative estimate of drug-likeness (QED) is 0.872. The summed E-state index contributed by atoms with van der Waals surface area (Å²) in [5.41, 5.74) is 0.764. The molecule has 1 amide bonds. The van der Waals surface area contributed by atoms with Crippen molar-refractivity contribution >= 4 is 11.6 Å². The lowest BCUT2D eigenvalue weighted by Gasteiger charge is -2.21. The molecule has 1 N–H and O–H groups in total. The molecule has 0 spiro atoms. The van der Waals surface area contributed by atoms with E-state index in [1.54, 1.807) is 7.11 Å². The first-order valence-electron chi connectivity index (χ1n) is 5.82. The molecule has 0 bridgehead atoms. The first-order valence-corrected chi connectivity index (χ1v) is 5.82. The number of methoxy groups -OCH3 is 1. The molecular formula is C13H17NO3. The summed E-state index contributed by atoms with van der Waals surface area (Å²) < 4.78 is 10.4. The van der Waals surface area contributed by atoms with Crippen LogP contribution in [-0.4, -0.2) is 26.2 Å². The standard InChI is InChI=1S/C13H17NO3/c1-16-12-6-2-5-11(8-12)14-13(15)10-4-3-7-17-9-10/h2,5-6,8,10H,3-4,7,9H2,1H3,(H,14,15). The molecule has 1 aliphatic rings. The lowest BCUT2D eigenvalue weighted by Crippen LogP contribution is -2.30. The van der Waals surface area contributed by atoms with Gasteiger partial charge in [-0.15, -0.1) is 0 Å². The van der Waals surface area contributed by atoms with Gasteiger partial charge < -0.3 is 14.8 Å². The SMILES string of the molecule is COc1cccc(NC(=O)C2CCCOC2)c1. The summed E-state index contributed by atoms with van der Waals surface area (Å²) in [6, 6.07) is 7.36. The topological polar surface area (TPSA) is 47.6 Å². The minimum Gasteiger partial charge on any atom is -0.497 e. The number of rotatable bonds is 3.